The molecule has 1 rings (SSSR count). The second-order valence-corrected chi connectivity index (χ2v) is 3.93. The van der Waals surface area contributed by atoms with Crippen LogP contribution in [-0.4, -0.2) is 12.1 Å². The molecule has 0 spiro atoms. The van der Waals surface area contributed by atoms with Gasteiger partial charge in [0.05, 0.1) is 0 Å². The minimum Gasteiger partial charge on any atom is -0.475 e. The molecule has 0 heterocycles. The van der Waals surface area contributed by atoms with Crippen LogP contribution in [0.3, 0.4) is 0 Å². The van der Waals surface area contributed by atoms with Crippen molar-refractivity contribution in [3.05, 3.63) is 29.8 Å². The molecular weight excluding hydrogens is 200 g/mol. The SMILES string of the molecule is CCC(C#N)Oc1ccccc1CC(C)N. The standard InChI is InChI=1S/C13H18N2O/c1-3-12(9-14)16-13-7-5-4-6-11(13)8-10(2)15/h4-7,10,12H,3,8,15H2,1-2H3. The molecule has 16 heavy (non-hydrogen) atoms. The van der Waals surface area contributed by atoms with Crippen molar-refractivity contribution < 1.29 is 4.74 Å². The number of para-hydroxylation sites is 1. The van der Waals surface area contributed by atoms with Gasteiger partial charge >= 0.3 is 0 Å². The van der Waals surface area contributed by atoms with E-state index in [0.29, 0.717) is 6.42 Å². The van der Waals surface area contributed by atoms with E-state index in [0.717, 1.165) is 17.7 Å². The predicted molar refractivity (Wildman–Crippen MR) is 64.1 cm³/mol. The summed E-state index contributed by atoms with van der Waals surface area (Å²) >= 11 is 0. The van der Waals surface area contributed by atoms with Crippen LogP contribution >= 0.6 is 0 Å². The summed E-state index contributed by atoms with van der Waals surface area (Å²) in [5.41, 5.74) is 6.83. The molecule has 3 heteroatoms. The molecule has 86 valence electrons. The van der Waals surface area contributed by atoms with Gasteiger partial charge in [-0.05, 0) is 31.4 Å². The Morgan fingerprint density at radius 2 is 2.12 bits per heavy atom. The van der Waals surface area contributed by atoms with Gasteiger partial charge in [-0.1, -0.05) is 25.1 Å². The van der Waals surface area contributed by atoms with Gasteiger partial charge in [-0.2, -0.15) is 5.26 Å². The molecule has 0 saturated heterocycles. The minimum absolute atomic E-state index is 0.0897. The van der Waals surface area contributed by atoms with E-state index in [1.54, 1.807) is 0 Å². The molecule has 2 unspecified atom stereocenters. The Morgan fingerprint density at radius 3 is 2.69 bits per heavy atom. The van der Waals surface area contributed by atoms with E-state index in [1.165, 1.54) is 0 Å². The van der Waals surface area contributed by atoms with Gasteiger partial charge in [0.15, 0.2) is 6.10 Å². The monoisotopic (exact) mass is 218 g/mol. The van der Waals surface area contributed by atoms with Gasteiger partial charge < -0.3 is 10.5 Å². The highest BCUT2D eigenvalue weighted by Gasteiger charge is 2.10. The lowest BCUT2D eigenvalue weighted by molar-refractivity contribution is 0.249. The molecule has 3 nitrogen and oxygen atoms in total. The molecule has 0 aliphatic carbocycles. The molecule has 0 radical (unpaired) electrons. The van der Waals surface area contributed by atoms with Crippen molar-refractivity contribution in [1.29, 1.82) is 5.26 Å². The van der Waals surface area contributed by atoms with Gasteiger partial charge in [-0.3, -0.25) is 0 Å². The summed E-state index contributed by atoms with van der Waals surface area (Å²) in [7, 11) is 0. The quantitative estimate of drug-likeness (QED) is 0.824. The second kappa shape index (κ2) is 6.14. The third kappa shape index (κ3) is 3.56. The Hall–Kier alpha value is -1.53. The first kappa shape index (κ1) is 12.5. The first-order chi connectivity index (χ1) is 7.67. The number of ether oxygens (including phenoxy) is 1. The van der Waals surface area contributed by atoms with Crippen LogP contribution in [-0.2, 0) is 6.42 Å². The van der Waals surface area contributed by atoms with E-state index in [-0.39, 0.29) is 12.1 Å². The molecule has 2 atom stereocenters. The maximum absolute atomic E-state index is 8.86. The molecule has 0 aliphatic rings. The fraction of sp³-hybridized carbons (Fsp3) is 0.462. The normalized spacial score (nSPS) is 13.9. The fourth-order valence-corrected chi connectivity index (χ4v) is 1.49. The van der Waals surface area contributed by atoms with Gasteiger partial charge in [0.1, 0.15) is 11.8 Å². The smallest absolute Gasteiger partial charge is 0.184 e. The molecule has 0 amide bonds. The van der Waals surface area contributed by atoms with Crippen LogP contribution in [0.4, 0.5) is 0 Å². The lowest BCUT2D eigenvalue weighted by Crippen LogP contribution is -2.19. The van der Waals surface area contributed by atoms with Crippen LogP contribution in [0.2, 0.25) is 0 Å². The van der Waals surface area contributed by atoms with E-state index < -0.39 is 0 Å². The zero-order chi connectivity index (χ0) is 12.0. The Labute approximate surface area is 96.8 Å². The van der Waals surface area contributed by atoms with Crippen LogP contribution in [0, 0.1) is 11.3 Å². The third-order valence-electron chi connectivity index (χ3n) is 2.30. The zero-order valence-corrected chi connectivity index (χ0v) is 9.81. The number of hydrogen-bond donors (Lipinski definition) is 1. The summed E-state index contributed by atoms with van der Waals surface area (Å²) in [4.78, 5) is 0. The van der Waals surface area contributed by atoms with Crippen molar-refractivity contribution in [3.8, 4) is 11.8 Å². The van der Waals surface area contributed by atoms with Crippen LogP contribution in [0.15, 0.2) is 24.3 Å². The van der Waals surface area contributed by atoms with Gasteiger partial charge in [0.2, 0.25) is 0 Å². The fourth-order valence-electron chi connectivity index (χ4n) is 1.49. The van der Waals surface area contributed by atoms with Gasteiger partial charge in [-0.15, -0.1) is 0 Å². The molecule has 1 aromatic rings. The largest absolute Gasteiger partial charge is 0.475 e. The van der Waals surface area contributed by atoms with Crippen LogP contribution in [0.5, 0.6) is 5.75 Å². The average Bonchev–Trinajstić information content (AvgIpc) is 2.27. The van der Waals surface area contributed by atoms with Crippen molar-refractivity contribution in [2.75, 3.05) is 0 Å². The average molecular weight is 218 g/mol. The van der Waals surface area contributed by atoms with Gasteiger partial charge in [-0.25, -0.2) is 0 Å². The molecule has 1 aromatic carbocycles. The number of nitriles is 1. The summed E-state index contributed by atoms with van der Waals surface area (Å²) in [6, 6.07) is 9.96. The maximum Gasteiger partial charge on any atom is 0.184 e. The number of nitrogens with two attached hydrogens (primary N) is 1. The predicted octanol–water partition coefficient (Wildman–Crippen LogP) is 2.26. The van der Waals surface area contributed by atoms with Gasteiger partial charge in [0.25, 0.3) is 0 Å². The number of rotatable bonds is 5. The van der Waals surface area contributed by atoms with E-state index >= 15 is 0 Å². The minimum atomic E-state index is -0.380. The maximum atomic E-state index is 8.86. The van der Waals surface area contributed by atoms with Crippen molar-refractivity contribution in [2.45, 2.75) is 38.8 Å². The third-order valence-corrected chi connectivity index (χ3v) is 2.30. The lowest BCUT2D eigenvalue weighted by atomic mass is 10.1. The van der Waals surface area contributed by atoms with E-state index in [9.17, 15) is 0 Å². The zero-order valence-electron chi connectivity index (χ0n) is 9.81. The molecule has 0 saturated carbocycles. The lowest BCUT2D eigenvalue weighted by Gasteiger charge is -2.15. The Kier molecular flexibility index (Phi) is 4.81. The van der Waals surface area contributed by atoms with Crippen LogP contribution in [0.1, 0.15) is 25.8 Å². The van der Waals surface area contributed by atoms with E-state index in [2.05, 4.69) is 6.07 Å². The first-order valence-electron chi connectivity index (χ1n) is 5.57. The number of nitrogens with zero attached hydrogens (tertiary/aromatic N) is 1. The highest BCUT2D eigenvalue weighted by Crippen LogP contribution is 2.21. The van der Waals surface area contributed by atoms with Crippen molar-refractivity contribution in [1.82, 2.24) is 0 Å². The van der Waals surface area contributed by atoms with E-state index in [1.807, 2.05) is 38.1 Å². The number of hydrogen-bond acceptors (Lipinski definition) is 3. The summed E-state index contributed by atoms with van der Waals surface area (Å²) in [5.74, 6) is 0.771. The first-order valence-corrected chi connectivity index (χ1v) is 5.57. The Balaban J connectivity index is 2.82. The molecule has 0 aliphatic heterocycles. The molecule has 0 aromatic heterocycles. The number of benzene rings is 1. The highest BCUT2D eigenvalue weighted by atomic mass is 16.5. The van der Waals surface area contributed by atoms with Crippen LogP contribution in [0.25, 0.3) is 0 Å². The van der Waals surface area contributed by atoms with Crippen molar-refractivity contribution in [2.24, 2.45) is 5.73 Å². The van der Waals surface area contributed by atoms with E-state index in [4.69, 9.17) is 15.7 Å². The molecule has 0 fully saturated rings. The highest BCUT2D eigenvalue weighted by molar-refractivity contribution is 5.34. The summed E-state index contributed by atoms with van der Waals surface area (Å²) < 4.78 is 5.63. The summed E-state index contributed by atoms with van der Waals surface area (Å²) in [5, 5.41) is 8.86. The summed E-state index contributed by atoms with van der Waals surface area (Å²) in [6.07, 6.45) is 1.07. The second-order valence-electron chi connectivity index (χ2n) is 3.93. The van der Waals surface area contributed by atoms with Crippen LogP contribution < -0.4 is 10.5 Å². The summed E-state index contributed by atoms with van der Waals surface area (Å²) in [6.45, 7) is 3.89. The van der Waals surface area contributed by atoms with Crippen molar-refractivity contribution in [3.63, 3.8) is 0 Å². The molecule has 2 N–H and O–H groups in total. The van der Waals surface area contributed by atoms with Gasteiger partial charge in [0, 0.05) is 6.04 Å². The molecular formula is C13H18N2O. The molecule has 0 bridgehead atoms. The Morgan fingerprint density at radius 1 is 1.44 bits per heavy atom. The van der Waals surface area contributed by atoms with Crippen molar-refractivity contribution >= 4 is 0 Å². The Bertz CT molecular complexity index is 368. The topological polar surface area (TPSA) is 59.0 Å².